The first kappa shape index (κ1) is 14.5. The van der Waals surface area contributed by atoms with Gasteiger partial charge in [0.2, 0.25) is 0 Å². The van der Waals surface area contributed by atoms with Crippen LogP contribution < -0.4 is 51.4 Å². The molecular formula is C4H6BKN6. The second-order valence-electron chi connectivity index (χ2n) is 1.31. The molecule has 0 amide bonds. The normalized spacial score (nSPS) is 6.67. The van der Waals surface area contributed by atoms with E-state index < -0.39 is 0 Å². The summed E-state index contributed by atoms with van der Waals surface area (Å²) in [6.45, 7) is 0. The Morgan fingerprint density at radius 3 is 1.00 bits per heavy atom. The van der Waals surface area contributed by atoms with Gasteiger partial charge >= 0.3 is 51.4 Å². The molecule has 8 heteroatoms. The summed E-state index contributed by atoms with van der Waals surface area (Å²) in [5.41, 5.74) is 0. The van der Waals surface area contributed by atoms with Gasteiger partial charge in [-0.3, -0.25) is 0 Å². The van der Waals surface area contributed by atoms with E-state index in [9.17, 15) is 0 Å². The van der Waals surface area contributed by atoms with E-state index in [4.69, 9.17) is 0 Å². The van der Waals surface area contributed by atoms with Crippen LogP contribution in [0.5, 0.6) is 0 Å². The second kappa shape index (κ2) is 11.0. The average molecular weight is 188 g/mol. The van der Waals surface area contributed by atoms with Gasteiger partial charge < -0.3 is 8.41 Å². The molecule has 0 saturated carbocycles. The van der Waals surface area contributed by atoms with Crippen molar-refractivity contribution in [1.82, 2.24) is 30.8 Å². The van der Waals surface area contributed by atoms with Crippen molar-refractivity contribution < 1.29 is 51.4 Å². The van der Waals surface area contributed by atoms with E-state index in [2.05, 4.69) is 30.8 Å². The topological polar surface area (TPSA) is 83.1 Å². The zero-order valence-electron chi connectivity index (χ0n) is 6.68. The molecule has 4 radical (unpaired) electrons. The largest absolute Gasteiger partial charge is 1.00 e. The summed E-state index contributed by atoms with van der Waals surface area (Å²) >= 11 is 0. The number of nitrogens with zero attached hydrogens (tertiary/aromatic N) is 4. The van der Waals surface area contributed by atoms with Gasteiger partial charge in [0.25, 0.3) is 0 Å². The van der Waals surface area contributed by atoms with Crippen molar-refractivity contribution in [3.05, 3.63) is 24.8 Å². The first-order valence-corrected chi connectivity index (χ1v) is 2.59. The minimum atomic E-state index is 0. The minimum Gasteiger partial charge on any atom is -1.00 e. The number of aromatic amines is 2. The smallest absolute Gasteiger partial charge is 1.00 e. The van der Waals surface area contributed by atoms with Crippen LogP contribution in [0.2, 0.25) is 0 Å². The molecule has 0 aliphatic heterocycles. The molecule has 2 rings (SSSR count). The average Bonchev–Trinajstić information content (AvgIpc) is 2.67. The van der Waals surface area contributed by atoms with Crippen LogP contribution in [0.1, 0.15) is 0 Å². The SMILES string of the molecule is [B-].[K+].c1cn[nH]n1.c1cn[nH]n1. The van der Waals surface area contributed by atoms with E-state index in [1.807, 2.05) is 0 Å². The fourth-order valence-electron chi connectivity index (χ4n) is 0.333. The van der Waals surface area contributed by atoms with E-state index in [1.165, 1.54) is 0 Å². The molecule has 56 valence electrons. The first-order valence-electron chi connectivity index (χ1n) is 2.59. The second-order valence-corrected chi connectivity index (χ2v) is 1.31. The maximum Gasteiger partial charge on any atom is 1.00 e. The van der Waals surface area contributed by atoms with Crippen molar-refractivity contribution in [1.29, 1.82) is 0 Å². The zero-order chi connectivity index (χ0) is 7.07. The van der Waals surface area contributed by atoms with Crippen molar-refractivity contribution in [3.8, 4) is 0 Å². The molecular weight excluding hydrogens is 182 g/mol. The van der Waals surface area contributed by atoms with Crippen LogP contribution in [0.3, 0.4) is 0 Å². The molecule has 0 fully saturated rings. The van der Waals surface area contributed by atoms with Crippen molar-refractivity contribution >= 4 is 8.41 Å². The Morgan fingerprint density at radius 1 is 0.667 bits per heavy atom. The Hall–Kier alpha value is -0.0187. The van der Waals surface area contributed by atoms with E-state index >= 15 is 0 Å². The Kier molecular flexibility index (Phi) is 13.3. The molecule has 0 aliphatic rings. The number of nitrogens with one attached hydrogen (secondary N) is 2. The molecule has 0 saturated heterocycles. The number of aromatic nitrogens is 6. The van der Waals surface area contributed by atoms with Crippen molar-refractivity contribution in [2.24, 2.45) is 0 Å². The molecule has 0 aromatic carbocycles. The Bertz CT molecular complexity index is 159. The molecule has 2 heterocycles. The van der Waals surface area contributed by atoms with Crippen LogP contribution in [0.15, 0.2) is 24.8 Å². The van der Waals surface area contributed by atoms with Gasteiger partial charge in [-0.15, -0.1) is 0 Å². The van der Waals surface area contributed by atoms with Crippen LogP contribution in [-0.2, 0) is 0 Å². The Morgan fingerprint density at radius 2 is 0.917 bits per heavy atom. The van der Waals surface area contributed by atoms with E-state index in [0.717, 1.165) is 0 Å². The third-order valence-corrected chi connectivity index (χ3v) is 0.662. The Labute approximate surface area is 114 Å². The van der Waals surface area contributed by atoms with Gasteiger partial charge in [0.05, 0.1) is 24.8 Å². The fraction of sp³-hybridized carbons (Fsp3) is 0. The molecule has 6 nitrogen and oxygen atoms in total. The number of hydrogen-bond donors (Lipinski definition) is 2. The van der Waals surface area contributed by atoms with Crippen molar-refractivity contribution in [2.45, 2.75) is 0 Å². The maximum atomic E-state index is 3.49. The standard InChI is InChI=1S/2C2H3N3.B.K/c2*1-2-4-5-3-1;;/h2*1-2H,(H,3,4,5);;/q;;-1;+1. The quantitative estimate of drug-likeness (QED) is 0.416. The molecule has 2 aromatic heterocycles. The number of hydrogen-bond acceptors (Lipinski definition) is 4. The molecule has 0 unspecified atom stereocenters. The summed E-state index contributed by atoms with van der Waals surface area (Å²) < 4.78 is 0. The molecule has 0 aliphatic carbocycles. The van der Waals surface area contributed by atoms with Crippen LogP contribution in [0.25, 0.3) is 0 Å². The fourth-order valence-corrected chi connectivity index (χ4v) is 0.333. The van der Waals surface area contributed by atoms with Gasteiger partial charge in [-0.05, 0) is 0 Å². The summed E-state index contributed by atoms with van der Waals surface area (Å²) in [4.78, 5) is 0. The summed E-state index contributed by atoms with van der Waals surface area (Å²) in [6.07, 6.45) is 6.33. The summed E-state index contributed by atoms with van der Waals surface area (Å²) in [7, 11) is 0. The van der Waals surface area contributed by atoms with Crippen molar-refractivity contribution in [2.75, 3.05) is 0 Å². The van der Waals surface area contributed by atoms with E-state index in [1.54, 1.807) is 24.8 Å². The summed E-state index contributed by atoms with van der Waals surface area (Å²) in [5, 5.41) is 18.7. The van der Waals surface area contributed by atoms with Gasteiger partial charge in [-0.2, -0.15) is 30.8 Å². The van der Waals surface area contributed by atoms with Gasteiger partial charge in [0, 0.05) is 0 Å². The van der Waals surface area contributed by atoms with Crippen LogP contribution in [-0.4, -0.2) is 39.2 Å². The van der Waals surface area contributed by atoms with Gasteiger partial charge in [0.1, 0.15) is 0 Å². The third kappa shape index (κ3) is 8.08. The molecule has 0 atom stereocenters. The predicted octanol–water partition coefficient (Wildman–Crippen LogP) is -3.77. The van der Waals surface area contributed by atoms with Gasteiger partial charge in [-0.1, -0.05) is 0 Å². The van der Waals surface area contributed by atoms with E-state index in [-0.39, 0.29) is 59.8 Å². The Balaban J connectivity index is 0. The minimum absolute atomic E-state index is 0. The predicted molar refractivity (Wildman–Crippen MR) is 38.5 cm³/mol. The number of rotatable bonds is 0. The first-order chi connectivity index (χ1) is 5.00. The summed E-state index contributed by atoms with van der Waals surface area (Å²) in [5.74, 6) is 0. The zero-order valence-corrected chi connectivity index (χ0v) is 9.80. The molecule has 0 spiro atoms. The molecule has 0 bridgehead atoms. The third-order valence-electron chi connectivity index (χ3n) is 0.662. The van der Waals surface area contributed by atoms with Crippen molar-refractivity contribution in [3.63, 3.8) is 0 Å². The molecule has 2 aromatic rings. The monoisotopic (exact) mass is 188 g/mol. The molecule has 2 N–H and O–H groups in total. The van der Waals surface area contributed by atoms with Gasteiger partial charge in [0.15, 0.2) is 0 Å². The molecule has 12 heavy (non-hydrogen) atoms. The van der Waals surface area contributed by atoms with Crippen LogP contribution >= 0.6 is 0 Å². The summed E-state index contributed by atoms with van der Waals surface area (Å²) in [6, 6.07) is 0. The van der Waals surface area contributed by atoms with Crippen LogP contribution in [0.4, 0.5) is 0 Å². The van der Waals surface area contributed by atoms with Gasteiger partial charge in [-0.25, -0.2) is 0 Å². The maximum absolute atomic E-state index is 3.49. The number of H-pyrrole nitrogens is 2. The van der Waals surface area contributed by atoms with E-state index in [0.29, 0.717) is 0 Å². The van der Waals surface area contributed by atoms with Crippen LogP contribution in [0, 0.1) is 0 Å².